The zero-order valence-electron chi connectivity index (χ0n) is 10.6. The summed E-state index contributed by atoms with van der Waals surface area (Å²) < 4.78 is 5.58. The van der Waals surface area contributed by atoms with Crippen molar-refractivity contribution in [2.75, 3.05) is 12.3 Å². The minimum absolute atomic E-state index is 0.634. The van der Waals surface area contributed by atoms with Crippen LogP contribution in [0.25, 0.3) is 10.9 Å². The average molecular weight is 230 g/mol. The van der Waals surface area contributed by atoms with E-state index < -0.39 is 0 Å². The van der Waals surface area contributed by atoms with Crippen LogP contribution in [-0.4, -0.2) is 11.6 Å². The van der Waals surface area contributed by atoms with Gasteiger partial charge in [-0.3, -0.25) is 0 Å². The van der Waals surface area contributed by atoms with Crippen molar-refractivity contribution < 1.29 is 4.74 Å². The maximum Gasteiger partial charge on any atom is 0.145 e. The summed E-state index contributed by atoms with van der Waals surface area (Å²) in [4.78, 5) is 4.62. The number of rotatable bonds is 3. The van der Waals surface area contributed by atoms with Crippen molar-refractivity contribution in [3.8, 4) is 5.75 Å². The summed E-state index contributed by atoms with van der Waals surface area (Å²) >= 11 is 0. The number of nitrogens with zero attached hydrogens (tertiary/aromatic N) is 1. The second-order valence-electron chi connectivity index (χ2n) is 4.03. The van der Waals surface area contributed by atoms with E-state index in [9.17, 15) is 0 Å². The van der Waals surface area contributed by atoms with Crippen LogP contribution in [0.3, 0.4) is 0 Å². The Morgan fingerprint density at radius 2 is 2.06 bits per heavy atom. The first-order valence-electron chi connectivity index (χ1n) is 5.99. The van der Waals surface area contributed by atoms with Crippen LogP contribution in [0.5, 0.6) is 5.75 Å². The fourth-order valence-electron chi connectivity index (χ4n) is 2.17. The lowest BCUT2D eigenvalue weighted by molar-refractivity contribution is 0.343. The molecule has 2 aromatic rings. The van der Waals surface area contributed by atoms with Gasteiger partial charge in [0.25, 0.3) is 0 Å². The zero-order chi connectivity index (χ0) is 12.4. The van der Waals surface area contributed by atoms with Crippen LogP contribution < -0.4 is 10.5 Å². The molecule has 0 saturated carbocycles. The highest BCUT2D eigenvalue weighted by molar-refractivity contribution is 5.95. The summed E-state index contributed by atoms with van der Waals surface area (Å²) in [5, 5.41) is 0.985. The Morgan fingerprint density at radius 3 is 2.71 bits per heavy atom. The Kier molecular flexibility index (Phi) is 3.18. The van der Waals surface area contributed by atoms with Crippen LogP contribution in [0.1, 0.15) is 25.1 Å². The molecule has 0 spiro atoms. The number of hydrogen-bond acceptors (Lipinski definition) is 3. The highest BCUT2D eigenvalue weighted by atomic mass is 16.5. The van der Waals surface area contributed by atoms with E-state index in [1.807, 2.05) is 32.0 Å². The Balaban J connectivity index is 2.76. The lowest BCUT2D eigenvalue weighted by atomic mass is 10.0. The summed E-state index contributed by atoms with van der Waals surface area (Å²) in [5.41, 5.74) is 10.0. The van der Waals surface area contributed by atoms with E-state index >= 15 is 0 Å². The number of fused-ring (bicyclic) bond motifs is 1. The smallest absolute Gasteiger partial charge is 0.145 e. The minimum Gasteiger partial charge on any atom is -0.492 e. The van der Waals surface area contributed by atoms with Gasteiger partial charge in [-0.15, -0.1) is 0 Å². The van der Waals surface area contributed by atoms with Gasteiger partial charge in [0.05, 0.1) is 6.61 Å². The summed E-state index contributed by atoms with van der Waals surface area (Å²) in [7, 11) is 0. The predicted octanol–water partition coefficient (Wildman–Crippen LogP) is 3.09. The standard InChI is InChI=1S/C14H18N2O/c1-4-10-9(3)16-14-11(13(10)15)7-6-8-12(14)17-5-2/h6-8H,4-5H2,1-3H3,(H2,15,16). The first-order chi connectivity index (χ1) is 8.19. The summed E-state index contributed by atoms with van der Waals surface area (Å²) in [6, 6.07) is 5.89. The van der Waals surface area contributed by atoms with Crippen molar-refractivity contribution in [2.24, 2.45) is 0 Å². The second-order valence-corrected chi connectivity index (χ2v) is 4.03. The Morgan fingerprint density at radius 1 is 1.29 bits per heavy atom. The highest BCUT2D eigenvalue weighted by Gasteiger charge is 2.11. The third-order valence-corrected chi connectivity index (χ3v) is 2.98. The predicted molar refractivity (Wildman–Crippen MR) is 71.4 cm³/mol. The lowest BCUT2D eigenvalue weighted by Gasteiger charge is -2.13. The van der Waals surface area contributed by atoms with Crippen molar-refractivity contribution in [3.63, 3.8) is 0 Å². The molecule has 1 aromatic carbocycles. The molecule has 0 aliphatic heterocycles. The van der Waals surface area contributed by atoms with E-state index in [-0.39, 0.29) is 0 Å². The monoisotopic (exact) mass is 230 g/mol. The van der Waals surface area contributed by atoms with Crippen molar-refractivity contribution in [3.05, 3.63) is 29.5 Å². The van der Waals surface area contributed by atoms with Crippen LogP contribution in [0.15, 0.2) is 18.2 Å². The fourth-order valence-corrected chi connectivity index (χ4v) is 2.17. The number of para-hydroxylation sites is 1. The third kappa shape index (κ3) is 1.93. The summed E-state index contributed by atoms with van der Waals surface area (Å²) in [6.45, 7) is 6.70. The molecule has 0 unspecified atom stereocenters. The van der Waals surface area contributed by atoms with E-state index in [2.05, 4.69) is 11.9 Å². The number of aryl methyl sites for hydroxylation is 1. The quantitative estimate of drug-likeness (QED) is 0.881. The van der Waals surface area contributed by atoms with Crippen molar-refractivity contribution in [2.45, 2.75) is 27.2 Å². The Labute approximate surface area is 102 Å². The van der Waals surface area contributed by atoms with Gasteiger partial charge >= 0.3 is 0 Å². The molecule has 0 bridgehead atoms. The van der Waals surface area contributed by atoms with Crippen molar-refractivity contribution in [1.82, 2.24) is 4.98 Å². The van der Waals surface area contributed by atoms with Crippen LogP contribution in [0, 0.1) is 6.92 Å². The molecule has 3 nitrogen and oxygen atoms in total. The molecule has 0 atom stereocenters. The second kappa shape index (κ2) is 4.62. The van der Waals surface area contributed by atoms with Crippen molar-refractivity contribution in [1.29, 1.82) is 0 Å². The number of ether oxygens (including phenoxy) is 1. The SMILES string of the molecule is CCOc1cccc2c(N)c(CC)c(C)nc12. The molecule has 0 aliphatic rings. The van der Waals surface area contributed by atoms with E-state index in [4.69, 9.17) is 10.5 Å². The molecule has 2 N–H and O–H groups in total. The molecule has 90 valence electrons. The van der Waals surface area contributed by atoms with E-state index in [1.54, 1.807) is 0 Å². The molecular formula is C14H18N2O. The van der Waals surface area contributed by atoms with E-state index in [1.165, 1.54) is 0 Å². The van der Waals surface area contributed by atoms with E-state index in [0.29, 0.717) is 6.61 Å². The molecule has 0 radical (unpaired) electrons. The van der Waals surface area contributed by atoms with E-state index in [0.717, 1.165) is 40.0 Å². The molecule has 1 aromatic heterocycles. The largest absolute Gasteiger partial charge is 0.492 e. The van der Waals surface area contributed by atoms with Gasteiger partial charge < -0.3 is 10.5 Å². The number of hydrogen-bond donors (Lipinski definition) is 1. The topological polar surface area (TPSA) is 48.1 Å². The number of aromatic nitrogens is 1. The Hall–Kier alpha value is -1.77. The first-order valence-corrected chi connectivity index (χ1v) is 5.99. The molecule has 0 aliphatic carbocycles. The summed E-state index contributed by atoms with van der Waals surface area (Å²) in [6.07, 6.45) is 0.902. The van der Waals surface area contributed by atoms with Gasteiger partial charge in [-0.1, -0.05) is 19.1 Å². The molecule has 1 heterocycles. The van der Waals surface area contributed by atoms with Gasteiger partial charge in [0.15, 0.2) is 0 Å². The summed E-state index contributed by atoms with van der Waals surface area (Å²) in [5.74, 6) is 0.808. The van der Waals surface area contributed by atoms with Crippen LogP contribution in [0.4, 0.5) is 5.69 Å². The molecule has 3 heteroatoms. The number of nitrogens with two attached hydrogens (primary N) is 1. The number of benzene rings is 1. The van der Waals surface area contributed by atoms with Gasteiger partial charge in [-0.05, 0) is 31.9 Å². The average Bonchev–Trinajstić information content (AvgIpc) is 2.31. The van der Waals surface area contributed by atoms with Gasteiger partial charge in [-0.2, -0.15) is 0 Å². The molecule has 0 amide bonds. The highest BCUT2D eigenvalue weighted by Crippen LogP contribution is 2.31. The minimum atomic E-state index is 0.634. The third-order valence-electron chi connectivity index (χ3n) is 2.98. The maximum atomic E-state index is 6.20. The molecule has 2 rings (SSSR count). The van der Waals surface area contributed by atoms with Gasteiger partial charge in [-0.25, -0.2) is 4.98 Å². The number of anilines is 1. The normalized spacial score (nSPS) is 10.8. The van der Waals surface area contributed by atoms with Gasteiger partial charge in [0.2, 0.25) is 0 Å². The molecule has 0 saturated heterocycles. The maximum absolute atomic E-state index is 6.20. The number of pyridine rings is 1. The van der Waals surface area contributed by atoms with Crippen LogP contribution >= 0.6 is 0 Å². The van der Waals surface area contributed by atoms with Crippen LogP contribution in [0.2, 0.25) is 0 Å². The van der Waals surface area contributed by atoms with Crippen LogP contribution in [-0.2, 0) is 6.42 Å². The Bertz CT molecular complexity index is 549. The molecular weight excluding hydrogens is 212 g/mol. The molecule has 17 heavy (non-hydrogen) atoms. The molecule has 0 fully saturated rings. The van der Waals surface area contributed by atoms with Gasteiger partial charge in [0, 0.05) is 16.8 Å². The number of nitrogen functional groups attached to an aromatic ring is 1. The van der Waals surface area contributed by atoms with Gasteiger partial charge in [0.1, 0.15) is 11.3 Å². The zero-order valence-corrected chi connectivity index (χ0v) is 10.6. The lowest BCUT2D eigenvalue weighted by Crippen LogP contribution is -2.02. The first kappa shape index (κ1) is 11.7. The van der Waals surface area contributed by atoms with Crippen molar-refractivity contribution >= 4 is 16.6 Å². The fraction of sp³-hybridized carbons (Fsp3) is 0.357.